The van der Waals surface area contributed by atoms with E-state index in [4.69, 9.17) is 9.72 Å². The maximum Gasteiger partial charge on any atom is 0.223 e. The number of para-hydroxylation sites is 2. The van der Waals surface area contributed by atoms with E-state index < -0.39 is 0 Å². The average Bonchev–Trinajstić information content (AvgIpc) is 3.25. The number of carbonyl (C=O) groups is 1. The van der Waals surface area contributed by atoms with Crippen molar-refractivity contribution in [1.82, 2.24) is 14.5 Å². The maximum atomic E-state index is 12.2. The van der Waals surface area contributed by atoms with Gasteiger partial charge in [0.2, 0.25) is 5.91 Å². The fraction of sp³-hybridized carbons (Fsp3) is 0.391. The van der Waals surface area contributed by atoms with Gasteiger partial charge in [0.1, 0.15) is 18.2 Å². The second-order valence-electron chi connectivity index (χ2n) is 7.54. The lowest BCUT2D eigenvalue weighted by molar-refractivity contribution is -0.127. The Kier molecular flexibility index (Phi) is 5.07. The molecule has 0 saturated carbocycles. The zero-order valence-corrected chi connectivity index (χ0v) is 16.8. The molecule has 0 aliphatic carbocycles. The second-order valence-corrected chi connectivity index (χ2v) is 7.54. The van der Waals surface area contributed by atoms with Gasteiger partial charge in [0.05, 0.1) is 17.6 Å². The Hall–Kier alpha value is -2.82. The van der Waals surface area contributed by atoms with Crippen molar-refractivity contribution >= 4 is 16.9 Å². The number of amides is 1. The van der Waals surface area contributed by atoms with Crippen LogP contribution in [0.25, 0.3) is 11.0 Å². The molecule has 0 N–H and O–H groups in total. The minimum absolute atomic E-state index is 0.140. The van der Waals surface area contributed by atoms with Crippen molar-refractivity contribution in [3.05, 3.63) is 59.4 Å². The Morgan fingerprint density at radius 2 is 1.96 bits per heavy atom. The number of rotatable bonds is 6. The lowest BCUT2D eigenvalue weighted by atomic mass is 10.1. The number of nitrogens with zero attached hydrogens (tertiary/aromatic N) is 3. The second kappa shape index (κ2) is 7.66. The molecule has 146 valence electrons. The van der Waals surface area contributed by atoms with Gasteiger partial charge in [0, 0.05) is 25.4 Å². The fourth-order valence-corrected chi connectivity index (χ4v) is 3.95. The van der Waals surface area contributed by atoms with Gasteiger partial charge >= 0.3 is 0 Å². The molecule has 1 aromatic heterocycles. The van der Waals surface area contributed by atoms with Crippen LogP contribution >= 0.6 is 0 Å². The first-order valence-electron chi connectivity index (χ1n) is 9.99. The number of hydrogen-bond donors (Lipinski definition) is 0. The van der Waals surface area contributed by atoms with Crippen LogP contribution in [-0.2, 0) is 11.3 Å². The number of carbonyl (C=O) groups excluding carboxylic acids is 1. The third-order valence-corrected chi connectivity index (χ3v) is 5.71. The number of hydrogen-bond acceptors (Lipinski definition) is 3. The van der Waals surface area contributed by atoms with Crippen LogP contribution in [0, 0.1) is 13.8 Å². The number of aromatic nitrogens is 2. The third kappa shape index (κ3) is 3.49. The molecule has 4 rings (SSSR count). The zero-order chi connectivity index (χ0) is 19.7. The van der Waals surface area contributed by atoms with E-state index in [0.717, 1.165) is 35.7 Å². The number of ether oxygens (including phenoxy) is 1. The van der Waals surface area contributed by atoms with E-state index in [1.165, 1.54) is 11.1 Å². The van der Waals surface area contributed by atoms with Gasteiger partial charge in [-0.1, -0.05) is 18.2 Å². The van der Waals surface area contributed by atoms with Crippen molar-refractivity contribution < 1.29 is 9.53 Å². The first kappa shape index (κ1) is 18.5. The molecule has 28 heavy (non-hydrogen) atoms. The maximum absolute atomic E-state index is 12.2. The summed E-state index contributed by atoms with van der Waals surface area (Å²) in [6.45, 7) is 9.00. The molecule has 5 nitrogen and oxygen atoms in total. The van der Waals surface area contributed by atoms with Crippen molar-refractivity contribution in [1.29, 1.82) is 0 Å². The summed E-state index contributed by atoms with van der Waals surface area (Å²) < 4.78 is 8.25. The molecule has 1 amide bonds. The highest BCUT2D eigenvalue weighted by Gasteiger charge is 2.33. The number of imidazole rings is 1. The summed E-state index contributed by atoms with van der Waals surface area (Å²) in [6.07, 6.45) is 0.537. The van der Waals surface area contributed by atoms with Crippen LogP contribution in [0.5, 0.6) is 5.75 Å². The van der Waals surface area contributed by atoms with Gasteiger partial charge < -0.3 is 14.2 Å². The van der Waals surface area contributed by atoms with Gasteiger partial charge in [-0.2, -0.15) is 0 Å². The smallest absolute Gasteiger partial charge is 0.223 e. The first-order valence-corrected chi connectivity index (χ1v) is 9.99. The van der Waals surface area contributed by atoms with Crippen molar-refractivity contribution in [3.63, 3.8) is 0 Å². The molecule has 2 heterocycles. The van der Waals surface area contributed by atoms with Gasteiger partial charge in [0.15, 0.2) is 0 Å². The van der Waals surface area contributed by atoms with E-state index in [2.05, 4.69) is 36.6 Å². The van der Waals surface area contributed by atoms with E-state index in [0.29, 0.717) is 19.6 Å². The first-order chi connectivity index (χ1) is 13.6. The number of likely N-dealkylation sites (N-methyl/N-ethyl adjacent to an activating group) is 1. The molecule has 1 saturated heterocycles. The van der Waals surface area contributed by atoms with E-state index in [1.807, 2.05) is 36.1 Å². The molecular weight excluding hydrogens is 350 g/mol. The molecule has 0 spiro atoms. The van der Waals surface area contributed by atoms with Gasteiger partial charge in [0.25, 0.3) is 0 Å². The van der Waals surface area contributed by atoms with E-state index in [1.54, 1.807) is 0 Å². The highest BCUT2D eigenvalue weighted by Crippen LogP contribution is 2.30. The quantitative estimate of drug-likeness (QED) is 0.651. The molecule has 1 atom stereocenters. The summed E-state index contributed by atoms with van der Waals surface area (Å²) in [7, 11) is 0. The number of likely N-dealkylation sites (tertiary alicyclic amines) is 1. The Balaban J connectivity index is 1.57. The molecule has 2 aromatic carbocycles. The molecule has 1 aliphatic heterocycles. The molecule has 0 radical (unpaired) electrons. The molecule has 1 aliphatic rings. The molecule has 0 bridgehead atoms. The largest absolute Gasteiger partial charge is 0.492 e. The number of benzene rings is 2. The Labute approximate surface area is 165 Å². The summed E-state index contributed by atoms with van der Waals surface area (Å²) in [5, 5.41) is 0. The standard InChI is InChI=1S/C23H27N3O2/c1-4-25-15-18(14-22(25)27)23-24-20-7-5-6-8-21(20)26(23)11-12-28-19-10-9-16(2)17(3)13-19/h5-10,13,18H,4,11-12,14-15H2,1-3H3. The van der Waals surface area contributed by atoms with Gasteiger partial charge in [-0.3, -0.25) is 4.79 Å². The van der Waals surface area contributed by atoms with Crippen LogP contribution in [0.4, 0.5) is 0 Å². The molecule has 3 aromatic rings. The topological polar surface area (TPSA) is 47.4 Å². The van der Waals surface area contributed by atoms with E-state index in [9.17, 15) is 4.79 Å². The summed E-state index contributed by atoms with van der Waals surface area (Å²) >= 11 is 0. The van der Waals surface area contributed by atoms with Crippen molar-refractivity contribution in [2.45, 2.75) is 39.7 Å². The Morgan fingerprint density at radius 3 is 2.71 bits per heavy atom. The normalized spacial score (nSPS) is 16.9. The lowest BCUT2D eigenvalue weighted by Gasteiger charge is -2.16. The Bertz CT molecular complexity index is 1010. The Morgan fingerprint density at radius 1 is 1.14 bits per heavy atom. The van der Waals surface area contributed by atoms with Crippen LogP contribution in [0.3, 0.4) is 0 Å². The van der Waals surface area contributed by atoms with E-state index >= 15 is 0 Å². The highest BCUT2D eigenvalue weighted by molar-refractivity contribution is 5.80. The number of fused-ring (bicyclic) bond motifs is 1. The summed E-state index contributed by atoms with van der Waals surface area (Å²) in [5.41, 5.74) is 4.58. The average molecular weight is 377 g/mol. The van der Waals surface area contributed by atoms with Crippen molar-refractivity contribution in [2.75, 3.05) is 19.7 Å². The van der Waals surface area contributed by atoms with E-state index in [-0.39, 0.29) is 11.8 Å². The van der Waals surface area contributed by atoms with Crippen LogP contribution in [-0.4, -0.2) is 40.1 Å². The van der Waals surface area contributed by atoms with Gasteiger partial charge in [-0.05, 0) is 56.2 Å². The van der Waals surface area contributed by atoms with Gasteiger partial charge in [-0.15, -0.1) is 0 Å². The SMILES string of the molecule is CCN1CC(c2nc3ccccc3n2CCOc2ccc(C)c(C)c2)CC1=O. The predicted molar refractivity (Wildman–Crippen MR) is 111 cm³/mol. The molecular formula is C23H27N3O2. The highest BCUT2D eigenvalue weighted by atomic mass is 16.5. The van der Waals surface area contributed by atoms with Crippen LogP contribution in [0.1, 0.15) is 36.2 Å². The molecule has 1 fully saturated rings. The van der Waals surface area contributed by atoms with Gasteiger partial charge in [-0.25, -0.2) is 4.98 Å². The third-order valence-electron chi connectivity index (χ3n) is 5.71. The predicted octanol–water partition coefficient (Wildman–Crippen LogP) is 4.07. The fourth-order valence-electron chi connectivity index (χ4n) is 3.95. The number of aryl methyl sites for hydroxylation is 2. The van der Waals surface area contributed by atoms with Crippen LogP contribution in [0.2, 0.25) is 0 Å². The minimum Gasteiger partial charge on any atom is -0.492 e. The summed E-state index contributed by atoms with van der Waals surface area (Å²) in [4.78, 5) is 19.0. The van der Waals surface area contributed by atoms with Crippen molar-refractivity contribution in [2.24, 2.45) is 0 Å². The monoisotopic (exact) mass is 377 g/mol. The van der Waals surface area contributed by atoms with Crippen molar-refractivity contribution in [3.8, 4) is 5.75 Å². The summed E-state index contributed by atoms with van der Waals surface area (Å²) in [6, 6.07) is 14.4. The molecule has 1 unspecified atom stereocenters. The lowest BCUT2D eigenvalue weighted by Crippen LogP contribution is -2.24. The zero-order valence-electron chi connectivity index (χ0n) is 16.8. The van der Waals surface area contributed by atoms with Crippen LogP contribution in [0.15, 0.2) is 42.5 Å². The minimum atomic E-state index is 0.140. The molecule has 5 heteroatoms. The van der Waals surface area contributed by atoms with Crippen LogP contribution < -0.4 is 4.74 Å². The summed E-state index contributed by atoms with van der Waals surface area (Å²) in [5.74, 6) is 2.25.